The number of hydrogen-bond acceptors (Lipinski definition) is 3. The van der Waals surface area contributed by atoms with Crippen LogP contribution < -0.4 is 5.32 Å². The van der Waals surface area contributed by atoms with Crippen LogP contribution in [0.25, 0.3) is 0 Å². The first-order valence-corrected chi connectivity index (χ1v) is 11.0. The standard InChI is InChI=1S/C27H21NO2S/c29-26(21-13-5-2-6-14-21)22-15-7-9-17-24(22)28-27(30)23-16-8-10-18-25(23)31-19-20-11-3-1-4-12-20/h1-18H,19H2,(H,28,30). The third-order valence-corrected chi connectivity index (χ3v) is 5.97. The van der Waals surface area contributed by atoms with Crippen LogP contribution in [0.15, 0.2) is 114 Å². The molecule has 1 amide bonds. The van der Waals surface area contributed by atoms with Crippen LogP contribution in [0.2, 0.25) is 0 Å². The van der Waals surface area contributed by atoms with E-state index in [-0.39, 0.29) is 11.7 Å². The van der Waals surface area contributed by atoms with Gasteiger partial charge in [0.25, 0.3) is 5.91 Å². The van der Waals surface area contributed by atoms with Crippen molar-refractivity contribution in [1.29, 1.82) is 0 Å². The van der Waals surface area contributed by atoms with Gasteiger partial charge in [-0.15, -0.1) is 11.8 Å². The second kappa shape index (κ2) is 9.92. The zero-order chi connectivity index (χ0) is 21.5. The minimum absolute atomic E-state index is 0.122. The van der Waals surface area contributed by atoms with Gasteiger partial charge >= 0.3 is 0 Å². The van der Waals surface area contributed by atoms with Crippen LogP contribution in [-0.4, -0.2) is 11.7 Å². The fraction of sp³-hybridized carbons (Fsp3) is 0.0370. The molecule has 31 heavy (non-hydrogen) atoms. The van der Waals surface area contributed by atoms with Crippen molar-refractivity contribution >= 4 is 29.1 Å². The third kappa shape index (κ3) is 5.11. The molecule has 0 saturated carbocycles. The van der Waals surface area contributed by atoms with Gasteiger partial charge in [-0.25, -0.2) is 0 Å². The zero-order valence-electron chi connectivity index (χ0n) is 16.8. The minimum Gasteiger partial charge on any atom is -0.321 e. The summed E-state index contributed by atoms with van der Waals surface area (Å²) in [6.45, 7) is 0. The van der Waals surface area contributed by atoms with Gasteiger partial charge in [-0.1, -0.05) is 84.9 Å². The van der Waals surface area contributed by atoms with Gasteiger partial charge in [0.05, 0.1) is 11.3 Å². The molecule has 0 atom stereocenters. The molecule has 152 valence electrons. The lowest BCUT2D eigenvalue weighted by molar-refractivity contribution is 0.102. The molecule has 0 bridgehead atoms. The van der Waals surface area contributed by atoms with Crippen molar-refractivity contribution in [3.63, 3.8) is 0 Å². The SMILES string of the molecule is O=C(c1ccccc1)c1ccccc1NC(=O)c1ccccc1SCc1ccccc1. The smallest absolute Gasteiger partial charge is 0.256 e. The van der Waals surface area contributed by atoms with Crippen LogP contribution >= 0.6 is 11.8 Å². The zero-order valence-corrected chi connectivity index (χ0v) is 17.6. The Bertz CT molecular complexity index is 1190. The number of para-hydroxylation sites is 1. The minimum atomic E-state index is -0.232. The highest BCUT2D eigenvalue weighted by Gasteiger charge is 2.17. The molecule has 0 heterocycles. The van der Waals surface area contributed by atoms with E-state index < -0.39 is 0 Å². The topological polar surface area (TPSA) is 46.2 Å². The fourth-order valence-corrected chi connectivity index (χ4v) is 4.25. The predicted molar refractivity (Wildman–Crippen MR) is 127 cm³/mol. The molecular formula is C27H21NO2S. The van der Waals surface area contributed by atoms with Gasteiger partial charge in [0.1, 0.15) is 0 Å². The lowest BCUT2D eigenvalue weighted by Gasteiger charge is -2.13. The molecule has 0 spiro atoms. The molecule has 0 unspecified atom stereocenters. The van der Waals surface area contributed by atoms with Crippen LogP contribution in [0.4, 0.5) is 5.69 Å². The van der Waals surface area contributed by atoms with Crippen molar-refractivity contribution in [3.05, 3.63) is 131 Å². The molecule has 3 nitrogen and oxygen atoms in total. The number of carbonyl (C=O) groups is 2. The lowest BCUT2D eigenvalue weighted by atomic mass is 10.0. The van der Waals surface area contributed by atoms with E-state index in [1.165, 1.54) is 5.56 Å². The average molecular weight is 424 g/mol. The predicted octanol–water partition coefficient (Wildman–Crippen LogP) is 6.46. The number of amides is 1. The number of nitrogens with one attached hydrogen (secondary N) is 1. The Morgan fingerprint density at radius 1 is 0.645 bits per heavy atom. The van der Waals surface area contributed by atoms with Crippen LogP contribution in [0.1, 0.15) is 31.8 Å². The van der Waals surface area contributed by atoms with Crippen LogP contribution in [0.5, 0.6) is 0 Å². The summed E-state index contributed by atoms with van der Waals surface area (Å²) in [4.78, 5) is 27.0. The van der Waals surface area contributed by atoms with E-state index in [4.69, 9.17) is 0 Å². The maximum atomic E-state index is 13.1. The summed E-state index contributed by atoms with van der Waals surface area (Å²) in [7, 11) is 0. The van der Waals surface area contributed by atoms with E-state index in [0.29, 0.717) is 22.4 Å². The number of anilines is 1. The number of benzene rings is 4. The lowest BCUT2D eigenvalue weighted by Crippen LogP contribution is -2.16. The Labute approximate surface area is 186 Å². The van der Waals surface area contributed by atoms with E-state index in [1.54, 1.807) is 42.1 Å². The summed E-state index contributed by atoms with van der Waals surface area (Å²) in [6, 6.07) is 33.9. The molecule has 4 heteroatoms. The molecule has 0 aliphatic heterocycles. The maximum absolute atomic E-state index is 13.1. The fourth-order valence-electron chi connectivity index (χ4n) is 3.24. The van der Waals surface area contributed by atoms with E-state index in [2.05, 4.69) is 17.4 Å². The average Bonchev–Trinajstić information content (AvgIpc) is 2.84. The molecule has 4 aromatic carbocycles. The summed E-state index contributed by atoms with van der Waals surface area (Å²) in [6.07, 6.45) is 0. The third-order valence-electron chi connectivity index (χ3n) is 4.82. The maximum Gasteiger partial charge on any atom is 0.256 e. The summed E-state index contributed by atoms with van der Waals surface area (Å²) < 4.78 is 0. The van der Waals surface area contributed by atoms with E-state index in [0.717, 1.165) is 10.6 Å². The van der Waals surface area contributed by atoms with E-state index in [9.17, 15) is 9.59 Å². The second-order valence-electron chi connectivity index (χ2n) is 6.97. The summed E-state index contributed by atoms with van der Waals surface area (Å²) >= 11 is 1.62. The van der Waals surface area contributed by atoms with Gasteiger partial charge in [-0.05, 0) is 29.8 Å². The first kappa shape index (κ1) is 20.6. The van der Waals surface area contributed by atoms with Crippen LogP contribution in [0.3, 0.4) is 0 Å². The molecular weight excluding hydrogens is 402 g/mol. The highest BCUT2D eigenvalue weighted by molar-refractivity contribution is 7.98. The Balaban J connectivity index is 1.55. The summed E-state index contributed by atoms with van der Waals surface area (Å²) in [5, 5.41) is 2.94. The molecule has 4 aromatic rings. The molecule has 4 rings (SSSR count). The van der Waals surface area contributed by atoms with Gasteiger partial charge in [-0.3, -0.25) is 9.59 Å². The van der Waals surface area contributed by atoms with Gasteiger partial charge in [0.15, 0.2) is 5.78 Å². The quantitative estimate of drug-likeness (QED) is 0.274. The summed E-state index contributed by atoms with van der Waals surface area (Å²) in [5.74, 6) is 0.418. The van der Waals surface area contributed by atoms with Crippen molar-refractivity contribution < 1.29 is 9.59 Å². The van der Waals surface area contributed by atoms with Crippen molar-refractivity contribution in [2.75, 3.05) is 5.32 Å². The number of hydrogen-bond donors (Lipinski definition) is 1. The molecule has 0 aromatic heterocycles. The Morgan fingerprint density at radius 2 is 1.23 bits per heavy atom. The first-order chi connectivity index (χ1) is 15.2. The van der Waals surface area contributed by atoms with Crippen molar-refractivity contribution in [2.45, 2.75) is 10.6 Å². The molecule has 0 aliphatic carbocycles. The number of rotatable bonds is 7. The van der Waals surface area contributed by atoms with Gasteiger partial charge in [-0.2, -0.15) is 0 Å². The molecule has 0 fully saturated rings. The molecule has 0 aliphatic rings. The van der Waals surface area contributed by atoms with Crippen molar-refractivity contribution in [2.24, 2.45) is 0 Å². The molecule has 1 N–H and O–H groups in total. The largest absolute Gasteiger partial charge is 0.321 e. The van der Waals surface area contributed by atoms with Gasteiger partial charge < -0.3 is 5.32 Å². The van der Waals surface area contributed by atoms with Crippen LogP contribution in [0, 0.1) is 0 Å². The number of carbonyl (C=O) groups excluding carboxylic acids is 2. The monoisotopic (exact) mass is 423 g/mol. The highest BCUT2D eigenvalue weighted by Crippen LogP contribution is 2.28. The second-order valence-corrected chi connectivity index (χ2v) is 7.98. The summed E-state index contributed by atoms with van der Waals surface area (Å²) in [5.41, 5.74) is 3.34. The molecule has 0 radical (unpaired) electrons. The van der Waals surface area contributed by atoms with Crippen molar-refractivity contribution in [3.8, 4) is 0 Å². The Kier molecular flexibility index (Phi) is 6.60. The highest BCUT2D eigenvalue weighted by atomic mass is 32.2. The van der Waals surface area contributed by atoms with Crippen LogP contribution in [-0.2, 0) is 5.75 Å². The number of thioether (sulfide) groups is 1. The first-order valence-electron chi connectivity index (χ1n) is 9.98. The molecule has 0 saturated heterocycles. The van der Waals surface area contributed by atoms with Gasteiger partial charge in [0.2, 0.25) is 0 Å². The van der Waals surface area contributed by atoms with E-state index in [1.807, 2.05) is 66.7 Å². The van der Waals surface area contributed by atoms with Crippen molar-refractivity contribution in [1.82, 2.24) is 0 Å². The Morgan fingerprint density at radius 3 is 1.97 bits per heavy atom. The number of ketones is 1. The van der Waals surface area contributed by atoms with E-state index >= 15 is 0 Å². The normalized spacial score (nSPS) is 10.5. The Hall–Kier alpha value is -3.63. The van der Waals surface area contributed by atoms with Gasteiger partial charge in [0, 0.05) is 21.8 Å².